The van der Waals surface area contributed by atoms with Gasteiger partial charge in [-0.2, -0.15) is 10.2 Å². The number of hydrogen-bond donors (Lipinski definition) is 3. The van der Waals surface area contributed by atoms with Gasteiger partial charge in [-0.15, -0.1) is 0 Å². The Morgan fingerprint density at radius 2 is 1.91 bits per heavy atom. The van der Waals surface area contributed by atoms with Crippen LogP contribution in [-0.2, 0) is 0 Å². The number of carbonyl (C=O) groups is 1. The van der Waals surface area contributed by atoms with E-state index in [9.17, 15) is 4.79 Å². The quantitative estimate of drug-likeness (QED) is 0.358. The van der Waals surface area contributed by atoms with E-state index in [2.05, 4.69) is 44.7 Å². The van der Waals surface area contributed by atoms with Gasteiger partial charge in [0.05, 0.1) is 23.4 Å². The van der Waals surface area contributed by atoms with Crippen LogP contribution in [0.3, 0.4) is 0 Å². The molecule has 3 aromatic heterocycles. The smallest absolute Gasteiger partial charge is 0.276 e. The number of nitrogen functional groups attached to an aromatic ring is 1. The third kappa shape index (κ3) is 4.06. The Bertz CT molecular complexity index is 1400. The van der Waals surface area contributed by atoms with Crippen molar-refractivity contribution < 1.29 is 4.79 Å². The molecule has 5 aromatic rings. The topological polar surface area (TPSA) is 115 Å². The second kappa shape index (κ2) is 8.58. The number of nitrogens with one attached hydrogen (secondary N) is 2. The number of H-pyrrole nitrogens is 1. The first kappa shape index (κ1) is 20.4. The minimum atomic E-state index is -0.296. The lowest BCUT2D eigenvalue weighted by Crippen LogP contribution is -2.13. The molecule has 8 nitrogen and oxygen atoms in total. The Kier molecular flexibility index (Phi) is 5.32. The van der Waals surface area contributed by atoms with Gasteiger partial charge in [0.1, 0.15) is 5.82 Å². The Balaban J connectivity index is 1.36. The average Bonchev–Trinajstić information content (AvgIpc) is 3.47. The van der Waals surface area contributed by atoms with E-state index in [1.807, 2.05) is 53.3 Å². The lowest BCUT2D eigenvalue weighted by atomic mass is 10.1. The van der Waals surface area contributed by atoms with Crippen LogP contribution in [0.1, 0.15) is 35.4 Å². The summed E-state index contributed by atoms with van der Waals surface area (Å²) in [6.45, 7) is 2.11. The van der Waals surface area contributed by atoms with Crippen LogP contribution >= 0.6 is 0 Å². The Morgan fingerprint density at radius 3 is 2.67 bits per heavy atom. The molecule has 0 spiro atoms. The first-order valence-corrected chi connectivity index (χ1v) is 10.7. The predicted molar refractivity (Wildman–Crippen MR) is 129 cm³/mol. The molecule has 1 unspecified atom stereocenters. The number of carbonyl (C=O) groups excluding carboxylic acids is 1. The molecule has 0 saturated heterocycles. The molecule has 164 valence electrons. The van der Waals surface area contributed by atoms with Crippen LogP contribution in [-0.4, -0.2) is 30.9 Å². The van der Waals surface area contributed by atoms with Gasteiger partial charge in [-0.3, -0.25) is 14.6 Å². The van der Waals surface area contributed by atoms with Gasteiger partial charge >= 0.3 is 0 Å². The highest BCUT2D eigenvalue weighted by molar-refractivity contribution is 6.11. The standard InChI is InChI=1S/C25H23N7O/c1-2-22(16-6-4-3-5-7-16)32-15-19(14-28-32)29-25(33)24-20-10-8-17(12-21(20)30-31-24)18-9-11-23(26)27-13-18/h3-15,22H,2H2,1H3,(H2,26,27)(H,29,33)(H,30,31). The van der Waals surface area contributed by atoms with Crippen LogP contribution < -0.4 is 11.1 Å². The highest BCUT2D eigenvalue weighted by Gasteiger charge is 2.17. The molecular weight excluding hydrogens is 414 g/mol. The summed E-state index contributed by atoms with van der Waals surface area (Å²) in [7, 11) is 0. The van der Waals surface area contributed by atoms with Gasteiger partial charge in [0.15, 0.2) is 5.69 Å². The van der Waals surface area contributed by atoms with Gasteiger partial charge in [-0.05, 0) is 41.8 Å². The molecule has 1 amide bonds. The fourth-order valence-corrected chi connectivity index (χ4v) is 3.96. The summed E-state index contributed by atoms with van der Waals surface area (Å²) in [5.41, 5.74) is 10.4. The molecule has 0 aliphatic carbocycles. The van der Waals surface area contributed by atoms with E-state index in [0.29, 0.717) is 17.2 Å². The van der Waals surface area contributed by atoms with Crippen molar-refractivity contribution in [1.82, 2.24) is 25.0 Å². The van der Waals surface area contributed by atoms with E-state index in [0.717, 1.165) is 28.5 Å². The fraction of sp³-hybridized carbons (Fsp3) is 0.120. The molecule has 5 rings (SSSR count). The van der Waals surface area contributed by atoms with Crippen molar-refractivity contribution in [2.45, 2.75) is 19.4 Å². The Hall–Kier alpha value is -4.46. The van der Waals surface area contributed by atoms with Crippen molar-refractivity contribution in [2.75, 3.05) is 11.1 Å². The van der Waals surface area contributed by atoms with Crippen molar-refractivity contribution in [1.29, 1.82) is 0 Å². The number of aromatic amines is 1. The average molecular weight is 438 g/mol. The van der Waals surface area contributed by atoms with Gasteiger partial charge in [0.25, 0.3) is 5.91 Å². The van der Waals surface area contributed by atoms with Crippen LogP contribution in [0.4, 0.5) is 11.5 Å². The number of rotatable bonds is 6. The number of amides is 1. The summed E-state index contributed by atoms with van der Waals surface area (Å²) in [4.78, 5) is 17.1. The maximum Gasteiger partial charge on any atom is 0.276 e. The summed E-state index contributed by atoms with van der Waals surface area (Å²) in [6, 6.07) is 19.7. The monoisotopic (exact) mass is 437 g/mol. The molecule has 0 saturated carbocycles. The number of pyridine rings is 1. The number of fused-ring (bicyclic) bond motifs is 1. The first-order chi connectivity index (χ1) is 16.1. The zero-order valence-corrected chi connectivity index (χ0v) is 18.1. The summed E-state index contributed by atoms with van der Waals surface area (Å²) in [5.74, 6) is 0.174. The largest absolute Gasteiger partial charge is 0.384 e. The predicted octanol–water partition coefficient (Wildman–Crippen LogP) is 4.66. The van der Waals surface area contributed by atoms with Crippen molar-refractivity contribution in [2.24, 2.45) is 0 Å². The molecule has 0 aliphatic heterocycles. The van der Waals surface area contributed by atoms with E-state index in [1.165, 1.54) is 5.56 Å². The number of hydrogen-bond acceptors (Lipinski definition) is 5. The summed E-state index contributed by atoms with van der Waals surface area (Å²) in [5, 5.41) is 15.3. The maximum absolute atomic E-state index is 12.9. The van der Waals surface area contributed by atoms with Crippen molar-refractivity contribution in [3.05, 3.63) is 90.5 Å². The Morgan fingerprint density at radius 1 is 1.09 bits per heavy atom. The highest BCUT2D eigenvalue weighted by Crippen LogP contribution is 2.26. The lowest BCUT2D eigenvalue weighted by Gasteiger charge is -2.15. The van der Waals surface area contributed by atoms with Crippen LogP contribution in [0.2, 0.25) is 0 Å². The number of aromatic nitrogens is 5. The normalized spacial score (nSPS) is 12.0. The van der Waals surface area contributed by atoms with Crippen LogP contribution in [0.15, 0.2) is 79.3 Å². The maximum atomic E-state index is 12.9. The molecular formula is C25H23N7O. The molecule has 2 aromatic carbocycles. The molecule has 8 heteroatoms. The molecule has 4 N–H and O–H groups in total. The molecule has 0 fully saturated rings. The minimum absolute atomic E-state index is 0.101. The zero-order chi connectivity index (χ0) is 22.8. The van der Waals surface area contributed by atoms with Crippen LogP contribution in [0, 0.1) is 0 Å². The van der Waals surface area contributed by atoms with Crippen molar-refractivity contribution in [3.8, 4) is 11.1 Å². The third-order valence-electron chi connectivity index (χ3n) is 5.65. The minimum Gasteiger partial charge on any atom is -0.384 e. The number of nitrogens with two attached hydrogens (primary N) is 1. The van der Waals surface area contributed by atoms with Gasteiger partial charge in [0, 0.05) is 23.3 Å². The summed E-state index contributed by atoms with van der Waals surface area (Å²) < 4.78 is 1.88. The number of nitrogens with zero attached hydrogens (tertiary/aromatic N) is 4. The summed E-state index contributed by atoms with van der Waals surface area (Å²) in [6.07, 6.45) is 6.11. The molecule has 1 atom stereocenters. The SMILES string of the molecule is CCC(c1ccccc1)n1cc(NC(=O)c2n[nH]c3cc(-c4ccc(N)nc4)ccc23)cn1. The molecule has 33 heavy (non-hydrogen) atoms. The molecule has 0 bridgehead atoms. The van der Waals surface area contributed by atoms with E-state index in [1.54, 1.807) is 18.5 Å². The van der Waals surface area contributed by atoms with Gasteiger partial charge in [-0.1, -0.05) is 43.3 Å². The van der Waals surface area contributed by atoms with Gasteiger partial charge in [0.2, 0.25) is 0 Å². The van der Waals surface area contributed by atoms with E-state index >= 15 is 0 Å². The highest BCUT2D eigenvalue weighted by atomic mass is 16.2. The first-order valence-electron chi connectivity index (χ1n) is 10.7. The van der Waals surface area contributed by atoms with Crippen molar-refractivity contribution in [3.63, 3.8) is 0 Å². The van der Waals surface area contributed by atoms with Crippen LogP contribution in [0.5, 0.6) is 0 Å². The summed E-state index contributed by atoms with van der Waals surface area (Å²) >= 11 is 0. The van der Waals surface area contributed by atoms with Crippen LogP contribution in [0.25, 0.3) is 22.0 Å². The molecule has 3 heterocycles. The lowest BCUT2D eigenvalue weighted by molar-refractivity contribution is 0.102. The van der Waals surface area contributed by atoms with Crippen molar-refractivity contribution >= 4 is 28.3 Å². The fourth-order valence-electron chi connectivity index (χ4n) is 3.96. The second-order valence-corrected chi connectivity index (χ2v) is 7.80. The van der Waals surface area contributed by atoms with E-state index < -0.39 is 0 Å². The van der Waals surface area contributed by atoms with E-state index in [4.69, 9.17) is 5.73 Å². The number of benzene rings is 2. The number of anilines is 2. The third-order valence-corrected chi connectivity index (χ3v) is 5.65. The zero-order valence-electron chi connectivity index (χ0n) is 18.1. The molecule has 0 aliphatic rings. The van der Waals surface area contributed by atoms with E-state index in [-0.39, 0.29) is 11.9 Å². The molecule has 0 radical (unpaired) electrons. The second-order valence-electron chi connectivity index (χ2n) is 7.80. The van der Waals surface area contributed by atoms with Gasteiger partial charge < -0.3 is 11.1 Å². The Labute approximate surface area is 190 Å². The van der Waals surface area contributed by atoms with Gasteiger partial charge in [-0.25, -0.2) is 4.98 Å².